The molecule has 0 spiro atoms. The van der Waals surface area contributed by atoms with E-state index >= 15 is 0 Å². The summed E-state index contributed by atoms with van der Waals surface area (Å²) in [5, 5.41) is 6.31. The van der Waals surface area contributed by atoms with Crippen molar-refractivity contribution in [3.05, 3.63) is 84.4 Å². The Labute approximate surface area is 236 Å². The first-order chi connectivity index (χ1) is 19.4. The van der Waals surface area contributed by atoms with Crippen molar-refractivity contribution >= 4 is 22.1 Å². The SMILES string of the molecule is C[C@@]12C[C@@H](c3ncc(-c4ccc5cc(-c6ccc(C7=CN=C([C@@H]8C[C@@]9(C)C[C@H]9N8)C7)cc6)ccc5c4)[nH]3)C[C@@H]1C2. The van der Waals surface area contributed by atoms with Gasteiger partial charge in [0.05, 0.1) is 11.9 Å². The monoisotopic (exact) mass is 524 g/mol. The number of hydrogen-bond donors (Lipinski definition) is 2. The summed E-state index contributed by atoms with van der Waals surface area (Å²) in [7, 11) is 0. The van der Waals surface area contributed by atoms with Crippen LogP contribution in [0.3, 0.4) is 0 Å². The molecule has 4 fully saturated rings. The number of allylic oxidation sites excluding steroid dienone is 1. The van der Waals surface area contributed by atoms with E-state index in [9.17, 15) is 0 Å². The summed E-state index contributed by atoms with van der Waals surface area (Å²) in [4.78, 5) is 13.3. The molecule has 2 N–H and O–H groups in total. The summed E-state index contributed by atoms with van der Waals surface area (Å²) in [6, 6.07) is 23.8. The van der Waals surface area contributed by atoms with Crippen molar-refractivity contribution in [2.24, 2.45) is 21.7 Å². The first kappa shape index (κ1) is 23.2. The number of nitrogens with zero attached hydrogens (tertiary/aromatic N) is 2. The molecule has 0 bridgehead atoms. The van der Waals surface area contributed by atoms with Gasteiger partial charge in [0, 0.05) is 41.9 Å². The Morgan fingerprint density at radius 1 is 0.775 bits per heavy atom. The molecule has 2 aliphatic heterocycles. The van der Waals surface area contributed by atoms with E-state index in [1.54, 1.807) is 0 Å². The third kappa shape index (κ3) is 3.69. The maximum Gasteiger partial charge on any atom is 0.109 e. The highest BCUT2D eigenvalue weighted by molar-refractivity contribution is 6.02. The molecule has 3 saturated carbocycles. The Bertz CT molecular complexity index is 1740. The van der Waals surface area contributed by atoms with Gasteiger partial charge in [0.1, 0.15) is 5.82 Å². The lowest BCUT2D eigenvalue weighted by atomic mass is 9.94. The van der Waals surface area contributed by atoms with Gasteiger partial charge in [-0.2, -0.15) is 0 Å². The summed E-state index contributed by atoms with van der Waals surface area (Å²) in [5.41, 5.74) is 9.90. The number of fused-ring (bicyclic) bond motifs is 3. The lowest BCUT2D eigenvalue weighted by Crippen LogP contribution is -2.33. The van der Waals surface area contributed by atoms with Crippen molar-refractivity contribution in [3.8, 4) is 22.4 Å². The second-order valence-corrected chi connectivity index (χ2v) is 14.0. The number of benzene rings is 3. The molecule has 6 atom stereocenters. The van der Waals surface area contributed by atoms with Crippen molar-refractivity contribution in [2.75, 3.05) is 0 Å². The molecule has 0 radical (unpaired) electrons. The lowest BCUT2D eigenvalue weighted by Gasteiger charge is -2.15. The molecular weight excluding hydrogens is 488 g/mol. The van der Waals surface area contributed by atoms with Gasteiger partial charge in [0.15, 0.2) is 0 Å². The number of aliphatic imine (C=N–C) groups is 1. The van der Waals surface area contributed by atoms with E-state index in [2.05, 4.69) is 91.0 Å². The van der Waals surface area contributed by atoms with Crippen LogP contribution in [-0.4, -0.2) is 27.8 Å². The maximum atomic E-state index is 4.82. The lowest BCUT2D eigenvalue weighted by molar-refractivity contribution is 0.506. The molecule has 1 saturated heterocycles. The fourth-order valence-corrected chi connectivity index (χ4v) is 8.19. The fourth-order valence-electron chi connectivity index (χ4n) is 8.19. The number of imidazole rings is 1. The van der Waals surface area contributed by atoms with Crippen LogP contribution in [0.1, 0.15) is 69.7 Å². The second kappa shape index (κ2) is 8.04. The van der Waals surface area contributed by atoms with Gasteiger partial charge >= 0.3 is 0 Å². The van der Waals surface area contributed by atoms with Crippen LogP contribution < -0.4 is 5.32 Å². The molecule has 9 rings (SSSR count). The molecule has 3 heterocycles. The van der Waals surface area contributed by atoms with Gasteiger partial charge in [-0.15, -0.1) is 0 Å². The minimum atomic E-state index is 0.464. The molecule has 3 aliphatic carbocycles. The van der Waals surface area contributed by atoms with E-state index < -0.39 is 0 Å². The zero-order valence-corrected chi connectivity index (χ0v) is 23.4. The van der Waals surface area contributed by atoms with Gasteiger partial charge in [-0.25, -0.2) is 4.98 Å². The third-order valence-corrected chi connectivity index (χ3v) is 11.1. The number of H-pyrrole nitrogens is 1. The van der Waals surface area contributed by atoms with Crippen LogP contribution >= 0.6 is 0 Å². The average molecular weight is 525 g/mol. The smallest absolute Gasteiger partial charge is 0.109 e. The summed E-state index contributed by atoms with van der Waals surface area (Å²) in [6.45, 7) is 4.86. The molecule has 4 aromatic rings. The van der Waals surface area contributed by atoms with Crippen molar-refractivity contribution < 1.29 is 0 Å². The van der Waals surface area contributed by atoms with E-state index in [0.29, 0.717) is 28.8 Å². The fraction of sp³-hybridized carbons (Fsp3) is 0.389. The first-order valence-corrected chi connectivity index (χ1v) is 15.1. The van der Waals surface area contributed by atoms with E-state index in [4.69, 9.17) is 9.98 Å². The van der Waals surface area contributed by atoms with E-state index in [1.807, 2.05) is 6.20 Å². The maximum absolute atomic E-state index is 4.82. The highest BCUT2D eigenvalue weighted by Crippen LogP contribution is 2.67. The zero-order chi connectivity index (χ0) is 26.6. The predicted octanol–water partition coefficient (Wildman–Crippen LogP) is 8.13. The Balaban J connectivity index is 0.898. The van der Waals surface area contributed by atoms with Crippen molar-refractivity contribution in [1.82, 2.24) is 15.3 Å². The summed E-state index contributed by atoms with van der Waals surface area (Å²) in [6.07, 6.45) is 11.7. The number of nitrogens with one attached hydrogen (secondary N) is 2. The molecule has 5 aliphatic rings. The van der Waals surface area contributed by atoms with Crippen LogP contribution in [0.2, 0.25) is 0 Å². The number of rotatable bonds is 5. The highest BCUT2D eigenvalue weighted by atomic mass is 15.1. The predicted molar refractivity (Wildman–Crippen MR) is 163 cm³/mol. The molecule has 1 aromatic heterocycles. The van der Waals surface area contributed by atoms with Gasteiger partial charge < -0.3 is 10.3 Å². The third-order valence-electron chi connectivity index (χ3n) is 11.1. The van der Waals surface area contributed by atoms with E-state index in [-0.39, 0.29) is 0 Å². The van der Waals surface area contributed by atoms with Crippen LogP contribution in [0, 0.1) is 16.7 Å². The van der Waals surface area contributed by atoms with Gasteiger partial charge in [-0.1, -0.05) is 62.4 Å². The molecule has 0 amide bonds. The summed E-state index contributed by atoms with van der Waals surface area (Å²) >= 11 is 0. The number of aromatic amines is 1. The van der Waals surface area contributed by atoms with Gasteiger partial charge in [0.25, 0.3) is 0 Å². The van der Waals surface area contributed by atoms with Crippen LogP contribution in [0.5, 0.6) is 0 Å². The van der Waals surface area contributed by atoms with Gasteiger partial charge in [-0.3, -0.25) is 4.99 Å². The van der Waals surface area contributed by atoms with E-state index in [1.165, 1.54) is 82.2 Å². The molecule has 200 valence electrons. The van der Waals surface area contributed by atoms with Crippen LogP contribution in [0.4, 0.5) is 0 Å². The van der Waals surface area contributed by atoms with Crippen molar-refractivity contribution in [1.29, 1.82) is 0 Å². The quantitative estimate of drug-likeness (QED) is 0.277. The zero-order valence-electron chi connectivity index (χ0n) is 23.4. The standard InChI is InChI=1S/C36H36N4/c1-35-15-27(13-29(35)16-35)34-38-20-32(40-34)26-10-9-24-11-23(7-8-25(24)12-26)21-3-5-22(6-4-21)28-14-30(37-19-28)31-17-36(2)18-33(36)39-31/h3-12,19-20,27,29,31,33,39H,13-18H2,1-2H3,(H,38,40)/t27-,29+,31-,33+,35-,36-/m0/s1. The molecule has 4 heteroatoms. The highest BCUT2D eigenvalue weighted by Gasteiger charge is 2.58. The topological polar surface area (TPSA) is 53.1 Å². The Morgan fingerprint density at radius 2 is 1.52 bits per heavy atom. The molecule has 40 heavy (non-hydrogen) atoms. The molecule has 0 unspecified atom stereocenters. The van der Waals surface area contributed by atoms with Gasteiger partial charge in [0.2, 0.25) is 0 Å². The van der Waals surface area contributed by atoms with Crippen LogP contribution in [-0.2, 0) is 0 Å². The first-order valence-electron chi connectivity index (χ1n) is 15.1. The Kier molecular flexibility index (Phi) is 4.67. The summed E-state index contributed by atoms with van der Waals surface area (Å²) in [5.74, 6) is 2.71. The number of aromatic nitrogens is 2. The molecule has 4 nitrogen and oxygen atoms in total. The molecule has 3 aromatic carbocycles. The van der Waals surface area contributed by atoms with Gasteiger partial charge in [-0.05, 0) is 94.0 Å². The van der Waals surface area contributed by atoms with Crippen molar-refractivity contribution in [3.63, 3.8) is 0 Å². The van der Waals surface area contributed by atoms with Crippen LogP contribution in [0.15, 0.2) is 78.1 Å². The second-order valence-electron chi connectivity index (χ2n) is 14.0. The summed E-state index contributed by atoms with van der Waals surface area (Å²) < 4.78 is 0. The van der Waals surface area contributed by atoms with E-state index in [0.717, 1.165) is 18.0 Å². The number of piperidine rings is 1. The minimum absolute atomic E-state index is 0.464. The molecular formula is C36H36N4. The number of hydrogen-bond acceptors (Lipinski definition) is 3. The Hall–Kier alpha value is -3.50. The minimum Gasteiger partial charge on any atom is -0.342 e. The van der Waals surface area contributed by atoms with Crippen molar-refractivity contribution in [2.45, 2.75) is 70.4 Å². The largest absolute Gasteiger partial charge is 0.342 e. The van der Waals surface area contributed by atoms with Crippen LogP contribution in [0.25, 0.3) is 38.7 Å². The average Bonchev–Trinajstić information content (AvgIpc) is 3.46. The normalized spacial score (nSPS) is 33.5. The Morgan fingerprint density at radius 3 is 2.27 bits per heavy atom.